The molecular formula is C23H26N4O4. The molecule has 31 heavy (non-hydrogen) atoms. The van der Waals surface area contributed by atoms with Gasteiger partial charge in [0.2, 0.25) is 5.75 Å². The number of H-pyrrole nitrogens is 1. The van der Waals surface area contributed by atoms with E-state index >= 15 is 0 Å². The summed E-state index contributed by atoms with van der Waals surface area (Å²) in [6, 6.07) is 13.6. The Bertz CT molecular complexity index is 1040. The summed E-state index contributed by atoms with van der Waals surface area (Å²) < 4.78 is 16.0. The van der Waals surface area contributed by atoms with Crippen LogP contribution in [0.1, 0.15) is 27.2 Å². The van der Waals surface area contributed by atoms with Crippen LogP contribution in [0.5, 0.6) is 17.2 Å². The van der Waals surface area contributed by atoms with Gasteiger partial charge in [-0.15, -0.1) is 0 Å². The average Bonchev–Trinajstić information content (AvgIpc) is 3.20. The molecule has 1 amide bonds. The molecule has 0 atom stereocenters. The number of fused-ring (bicyclic) bond motifs is 1. The van der Waals surface area contributed by atoms with Crippen molar-refractivity contribution in [3.05, 3.63) is 64.8 Å². The molecule has 2 aromatic carbocycles. The van der Waals surface area contributed by atoms with E-state index in [1.165, 1.54) is 26.9 Å². The van der Waals surface area contributed by atoms with E-state index in [4.69, 9.17) is 14.2 Å². The number of nitrogens with one attached hydrogen (secondary N) is 2. The van der Waals surface area contributed by atoms with Crippen LogP contribution in [0.15, 0.2) is 42.5 Å². The second-order valence-corrected chi connectivity index (χ2v) is 7.34. The summed E-state index contributed by atoms with van der Waals surface area (Å²) in [5.74, 6) is 1.56. The lowest BCUT2D eigenvalue weighted by Crippen LogP contribution is -2.30. The van der Waals surface area contributed by atoms with E-state index in [1.54, 1.807) is 12.1 Å². The molecule has 4 rings (SSSR count). The molecule has 0 aliphatic carbocycles. The number of hydrogen-bond donors (Lipinski definition) is 2. The maximum Gasteiger partial charge on any atom is 0.257 e. The van der Waals surface area contributed by atoms with E-state index in [-0.39, 0.29) is 5.91 Å². The third kappa shape index (κ3) is 4.34. The van der Waals surface area contributed by atoms with Crippen molar-refractivity contribution in [2.45, 2.75) is 19.5 Å². The first-order chi connectivity index (χ1) is 15.1. The van der Waals surface area contributed by atoms with Gasteiger partial charge in [0.15, 0.2) is 17.3 Å². The first-order valence-corrected chi connectivity index (χ1v) is 10.1. The number of rotatable bonds is 7. The number of benzene rings is 2. The number of methoxy groups -OCH3 is 3. The molecule has 1 aliphatic heterocycles. The molecule has 0 saturated heterocycles. The van der Waals surface area contributed by atoms with E-state index in [9.17, 15) is 4.79 Å². The second kappa shape index (κ2) is 9.09. The minimum absolute atomic E-state index is 0.291. The molecule has 0 fully saturated rings. The van der Waals surface area contributed by atoms with Crippen molar-refractivity contribution in [2.24, 2.45) is 0 Å². The number of carbonyl (C=O) groups excluding carboxylic acids is 1. The number of aromatic amines is 1. The van der Waals surface area contributed by atoms with E-state index in [2.05, 4.69) is 44.7 Å². The molecular weight excluding hydrogens is 396 g/mol. The number of aromatic nitrogens is 2. The van der Waals surface area contributed by atoms with Crippen molar-refractivity contribution in [1.82, 2.24) is 15.1 Å². The molecule has 3 aromatic rings. The summed E-state index contributed by atoms with van der Waals surface area (Å²) in [7, 11) is 4.56. The van der Waals surface area contributed by atoms with Gasteiger partial charge in [0.05, 0.1) is 27.0 Å². The fourth-order valence-electron chi connectivity index (χ4n) is 3.85. The van der Waals surface area contributed by atoms with Gasteiger partial charge in [-0.3, -0.25) is 14.8 Å². The summed E-state index contributed by atoms with van der Waals surface area (Å²) in [6.07, 6.45) is 0.809. The summed E-state index contributed by atoms with van der Waals surface area (Å²) in [4.78, 5) is 15.3. The maximum atomic E-state index is 12.9. The van der Waals surface area contributed by atoms with E-state index in [0.29, 0.717) is 28.6 Å². The number of ether oxygens (including phenoxy) is 3. The first-order valence-electron chi connectivity index (χ1n) is 10.1. The van der Waals surface area contributed by atoms with Crippen LogP contribution in [-0.2, 0) is 19.5 Å². The lowest BCUT2D eigenvalue weighted by atomic mass is 10.1. The van der Waals surface area contributed by atoms with E-state index < -0.39 is 0 Å². The summed E-state index contributed by atoms with van der Waals surface area (Å²) in [5.41, 5.74) is 3.75. The van der Waals surface area contributed by atoms with Gasteiger partial charge in [0.1, 0.15) is 0 Å². The Morgan fingerprint density at radius 2 is 1.81 bits per heavy atom. The second-order valence-electron chi connectivity index (χ2n) is 7.34. The van der Waals surface area contributed by atoms with Crippen LogP contribution < -0.4 is 19.5 Å². The van der Waals surface area contributed by atoms with Crippen molar-refractivity contribution in [3.8, 4) is 17.2 Å². The Morgan fingerprint density at radius 3 is 2.45 bits per heavy atom. The van der Waals surface area contributed by atoms with Gasteiger partial charge in [-0.2, -0.15) is 5.10 Å². The third-order valence-corrected chi connectivity index (χ3v) is 5.42. The molecule has 8 heteroatoms. The van der Waals surface area contributed by atoms with Gasteiger partial charge in [0.25, 0.3) is 5.91 Å². The van der Waals surface area contributed by atoms with Gasteiger partial charge >= 0.3 is 0 Å². The Labute approximate surface area is 181 Å². The lowest BCUT2D eigenvalue weighted by molar-refractivity contribution is 0.102. The molecule has 8 nitrogen and oxygen atoms in total. The SMILES string of the molecule is COc1cc(C(=O)Nc2n[nH]c3c2CCN(Cc2ccccc2)C3)cc(OC)c1OC. The van der Waals surface area contributed by atoms with Crippen LogP contribution >= 0.6 is 0 Å². The monoisotopic (exact) mass is 422 g/mol. The fraction of sp³-hybridized carbons (Fsp3) is 0.304. The quantitative estimate of drug-likeness (QED) is 0.608. The predicted octanol–water partition coefficient (Wildman–Crippen LogP) is 3.25. The fourth-order valence-corrected chi connectivity index (χ4v) is 3.85. The van der Waals surface area contributed by atoms with Crippen molar-refractivity contribution in [3.63, 3.8) is 0 Å². The highest BCUT2D eigenvalue weighted by atomic mass is 16.5. The molecule has 1 aliphatic rings. The normalized spacial score (nSPS) is 13.4. The molecule has 162 valence electrons. The van der Waals surface area contributed by atoms with Gasteiger partial charge in [-0.1, -0.05) is 30.3 Å². The first kappa shape index (κ1) is 20.7. The van der Waals surface area contributed by atoms with Crippen molar-refractivity contribution >= 4 is 11.7 Å². The summed E-state index contributed by atoms with van der Waals surface area (Å²) in [5, 5.41) is 10.4. The minimum atomic E-state index is -0.291. The maximum absolute atomic E-state index is 12.9. The van der Waals surface area contributed by atoms with E-state index in [1.807, 2.05) is 6.07 Å². The average molecular weight is 422 g/mol. The lowest BCUT2D eigenvalue weighted by Gasteiger charge is -2.26. The van der Waals surface area contributed by atoms with Gasteiger partial charge in [0, 0.05) is 30.8 Å². The van der Waals surface area contributed by atoms with Crippen LogP contribution in [-0.4, -0.2) is 48.9 Å². The minimum Gasteiger partial charge on any atom is -0.493 e. The Hall–Kier alpha value is -3.52. The predicted molar refractivity (Wildman–Crippen MR) is 117 cm³/mol. The van der Waals surface area contributed by atoms with Crippen LogP contribution in [0.4, 0.5) is 5.82 Å². The van der Waals surface area contributed by atoms with Gasteiger partial charge in [-0.05, 0) is 24.1 Å². The summed E-state index contributed by atoms with van der Waals surface area (Å²) >= 11 is 0. The molecule has 2 heterocycles. The largest absolute Gasteiger partial charge is 0.493 e. The number of nitrogens with zero attached hydrogens (tertiary/aromatic N) is 2. The smallest absolute Gasteiger partial charge is 0.257 e. The van der Waals surface area contributed by atoms with Crippen molar-refractivity contribution in [1.29, 1.82) is 0 Å². The highest BCUT2D eigenvalue weighted by molar-refractivity contribution is 6.05. The Kier molecular flexibility index (Phi) is 6.08. The summed E-state index contributed by atoms with van der Waals surface area (Å²) in [6.45, 7) is 2.54. The zero-order valence-electron chi connectivity index (χ0n) is 17.9. The Balaban J connectivity index is 1.49. The number of anilines is 1. The molecule has 2 N–H and O–H groups in total. The zero-order chi connectivity index (χ0) is 21.8. The Morgan fingerprint density at radius 1 is 1.10 bits per heavy atom. The van der Waals surface area contributed by atoms with Crippen molar-refractivity contribution < 1.29 is 19.0 Å². The standard InChI is InChI=1S/C23H26N4O4/c1-29-19-11-16(12-20(30-2)21(19)31-3)23(28)24-22-17-9-10-27(14-18(17)25-26-22)13-15-7-5-4-6-8-15/h4-8,11-12H,9-10,13-14H2,1-3H3,(H2,24,25,26,28). The van der Waals surface area contributed by atoms with Crippen LogP contribution in [0.25, 0.3) is 0 Å². The van der Waals surface area contributed by atoms with Crippen LogP contribution in [0, 0.1) is 0 Å². The van der Waals surface area contributed by atoms with Gasteiger partial charge in [-0.25, -0.2) is 0 Å². The van der Waals surface area contributed by atoms with Crippen LogP contribution in [0.3, 0.4) is 0 Å². The zero-order valence-corrected chi connectivity index (χ0v) is 17.9. The number of amides is 1. The topological polar surface area (TPSA) is 88.7 Å². The number of carbonyl (C=O) groups is 1. The van der Waals surface area contributed by atoms with E-state index in [0.717, 1.165) is 37.3 Å². The molecule has 0 radical (unpaired) electrons. The molecule has 0 bridgehead atoms. The van der Waals surface area contributed by atoms with Crippen LogP contribution in [0.2, 0.25) is 0 Å². The third-order valence-electron chi connectivity index (χ3n) is 5.42. The highest BCUT2D eigenvalue weighted by Crippen LogP contribution is 2.38. The van der Waals surface area contributed by atoms with Gasteiger partial charge < -0.3 is 19.5 Å². The molecule has 0 saturated carbocycles. The van der Waals surface area contributed by atoms with Crippen molar-refractivity contribution in [2.75, 3.05) is 33.2 Å². The number of hydrogen-bond acceptors (Lipinski definition) is 6. The molecule has 0 unspecified atom stereocenters. The molecule has 0 spiro atoms. The highest BCUT2D eigenvalue weighted by Gasteiger charge is 2.24. The molecule has 1 aromatic heterocycles.